The van der Waals surface area contributed by atoms with Gasteiger partial charge in [0.05, 0.1) is 5.69 Å². The number of nitrogens with zero attached hydrogens (tertiary/aromatic N) is 3. The predicted octanol–water partition coefficient (Wildman–Crippen LogP) is 3.80. The highest BCUT2D eigenvalue weighted by Gasteiger charge is 2.41. The molecule has 1 aromatic heterocycles. The average molecular weight is 407 g/mol. The van der Waals surface area contributed by atoms with Crippen LogP contribution in [0.5, 0.6) is 0 Å². The molecule has 5 heteroatoms. The summed E-state index contributed by atoms with van der Waals surface area (Å²) in [6, 6.07) is 7.30. The Morgan fingerprint density at radius 2 is 2.07 bits per heavy atom. The number of aromatic nitrogens is 1. The topological polar surface area (TPSA) is 40.5 Å². The van der Waals surface area contributed by atoms with Crippen LogP contribution in [0.1, 0.15) is 56.4 Å². The van der Waals surface area contributed by atoms with Crippen LogP contribution < -0.4 is 5.32 Å². The lowest BCUT2D eigenvalue weighted by Gasteiger charge is -2.46. The van der Waals surface area contributed by atoms with Crippen molar-refractivity contribution in [2.45, 2.75) is 64.6 Å². The van der Waals surface area contributed by atoms with E-state index in [1.807, 2.05) is 18.7 Å². The fourth-order valence-corrected chi connectivity index (χ4v) is 5.69. The standard InChI is InChI=1S/C25H34N4O/c1-6-13-29-21(7-2)20-15-23-19(18-11-10-12-22(29)24(18)20)14-17(16-27(23)5)26-25(30)28(8-3)9-4/h2,10-12,17,19,23H,6,8-9,13-16H2,1,3-5H3,(H,26,30)/t17?,19-,23-/m1/s1. The lowest BCUT2D eigenvalue weighted by atomic mass is 9.73. The van der Waals surface area contributed by atoms with Crippen molar-refractivity contribution in [2.24, 2.45) is 0 Å². The van der Waals surface area contributed by atoms with Gasteiger partial charge in [0.25, 0.3) is 0 Å². The molecule has 0 spiro atoms. The SMILES string of the molecule is C#Cc1c2c3c(cccc3n1CCC)[C@H]1CC(NC(=O)N(CC)CC)CN(C)[C@@H]1C2. The first-order chi connectivity index (χ1) is 14.5. The third-order valence-corrected chi connectivity index (χ3v) is 7.08. The number of amides is 2. The molecule has 0 radical (unpaired) electrons. The van der Waals surface area contributed by atoms with E-state index in [4.69, 9.17) is 6.42 Å². The summed E-state index contributed by atoms with van der Waals surface area (Å²) in [7, 11) is 2.19. The molecule has 160 valence electrons. The minimum atomic E-state index is 0.0512. The predicted molar refractivity (Wildman–Crippen MR) is 123 cm³/mol. The number of carbonyl (C=O) groups excluding carboxylic acids is 1. The molecule has 1 unspecified atom stereocenters. The van der Waals surface area contributed by atoms with Gasteiger partial charge in [-0.2, -0.15) is 0 Å². The van der Waals surface area contributed by atoms with E-state index in [9.17, 15) is 4.79 Å². The first kappa shape index (κ1) is 20.8. The van der Waals surface area contributed by atoms with E-state index >= 15 is 0 Å². The Labute approximate surface area is 180 Å². The minimum Gasteiger partial charge on any atom is -0.334 e. The maximum Gasteiger partial charge on any atom is 0.317 e. The number of aryl methyl sites for hydroxylation is 1. The number of fused-ring (bicyclic) bond motifs is 2. The van der Waals surface area contributed by atoms with Crippen LogP contribution in [0.4, 0.5) is 4.79 Å². The molecule has 3 atom stereocenters. The first-order valence-corrected chi connectivity index (χ1v) is 11.4. The molecular weight excluding hydrogens is 372 g/mol. The Balaban J connectivity index is 1.71. The lowest BCUT2D eigenvalue weighted by molar-refractivity contribution is 0.124. The highest BCUT2D eigenvalue weighted by molar-refractivity contribution is 5.91. The summed E-state index contributed by atoms with van der Waals surface area (Å²) in [5, 5.41) is 4.66. The van der Waals surface area contributed by atoms with Crippen LogP contribution in [0.25, 0.3) is 10.9 Å². The van der Waals surface area contributed by atoms with Crippen molar-refractivity contribution < 1.29 is 4.79 Å². The molecule has 1 saturated heterocycles. The van der Waals surface area contributed by atoms with Gasteiger partial charge in [-0.3, -0.25) is 0 Å². The van der Waals surface area contributed by atoms with E-state index < -0.39 is 0 Å². The maximum absolute atomic E-state index is 12.7. The van der Waals surface area contributed by atoms with Gasteiger partial charge in [-0.25, -0.2) is 4.79 Å². The number of hydrogen-bond acceptors (Lipinski definition) is 2. The molecule has 30 heavy (non-hydrogen) atoms. The van der Waals surface area contributed by atoms with E-state index in [-0.39, 0.29) is 12.1 Å². The minimum absolute atomic E-state index is 0.0512. The van der Waals surface area contributed by atoms with Crippen LogP contribution in [-0.4, -0.2) is 59.2 Å². The zero-order chi connectivity index (χ0) is 21.4. The molecule has 2 aliphatic rings. The van der Waals surface area contributed by atoms with Gasteiger partial charge in [0, 0.05) is 55.1 Å². The number of terminal acetylenes is 1. The second kappa shape index (κ2) is 8.35. The van der Waals surface area contributed by atoms with Crippen LogP contribution in [0.15, 0.2) is 18.2 Å². The van der Waals surface area contributed by atoms with Crippen LogP contribution in [0.2, 0.25) is 0 Å². The van der Waals surface area contributed by atoms with E-state index in [1.54, 1.807) is 0 Å². The number of urea groups is 1. The Hall–Kier alpha value is -2.45. The Morgan fingerprint density at radius 1 is 1.30 bits per heavy atom. The number of piperidine rings is 1. The second-order valence-electron chi connectivity index (χ2n) is 8.74. The van der Waals surface area contributed by atoms with Crippen LogP contribution >= 0.6 is 0 Å². The summed E-state index contributed by atoms with van der Waals surface area (Å²) in [4.78, 5) is 16.9. The normalized spacial score (nSPS) is 23.1. The molecule has 0 saturated carbocycles. The Bertz CT molecular complexity index is 981. The molecular formula is C25H34N4O. The van der Waals surface area contributed by atoms with Gasteiger partial charge in [-0.1, -0.05) is 25.0 Å². The van der Waals surface area contributed by atoms with Gasteiger partial charge in [0.15, 0.2) is 0 Å². The smallest absolute Gasteiger partial charge is 0.317 e. The average Bonchev–Trinajstić information content (AvgIpc) is 3.04. The Morgan fingerprint density at radius 3 is 2.73 bits per heavy atom. The summed E-state index contributed by atoms with van der Waals surface area (Å²) in [6.07, 6.45) is 9.02. The third kappa shape index (κ3) is 3.28. The summed E-state index contributed by atoms with van der Waals surface area (Å²) in [5.41, 5.74) is 5.07. The van der Waals surface area contributed by atoms with Crippen molar-refractivity contribution in [3.8, 4) is 12.3 Å². The number of likely N-dealkylation sites (tertiary alicyclic amines) is 1. The van der Waals surface area contributed by atoms with Gasteiger partial charge in [0.2, 0.25) is 0 Å². The van der Waals surface area contributed by atoms with Gasteiger partial charge in [-0.15, -0.1) is 6.42 Å². The van der Waals surface area contributed by atoms with E-state index in [1.165, 1.54) is 22.0 Å². The summed E-state index contributed by atoms with van der Waals surface area (Å²) in [6.45, 7) is 9.55. The Kier molecular flexibility index (Phi) is 5.79. The van der Waals surface area contributed by atoms with Gasteiger partial charge < -0.3 is 19.7 Å². The maximum atomic E-state index is 12.7. The molecule has 4 rings (SSSR count). The van der Waals surface area contributed by atoms with Crippen molar-refractivity contribution in [1.82, 2.24) is 19.7 Å². The zero-order valence-electron chi connectivity index (χ0n) is 18.7. The molecule has 0 bridgehead atoms. The van der Waals surface area contributed by atoms with E-state index in [2.05, 4.69) is 52.9 Å². The summed E-state index contributed by atoms with van der Waals surface area (Å²) < 4.78 is 2.34. The van der Waals surface area contributed by atoms with Crippen LogP contribution in [0.3, 0.4) is 0 Å². The lowest BCUT2D eigenvalue weighted by Crippen LogP contribution is -2.56. The molecule has 2 heterocycles. The van der Waals surface area contributed by atoms with Gasteiger partial charge in [-0.05, 0) is 57.4 Å². The van der Waals surface area contributed by atoms with Gasteiger partial charge >= 0.3 is 6.03 Å². The fraction of sp³-hybridized carbons (Fsp3) is 0.560. The highest BCUT2D eigenvalue weighted by Crippen LogP contribution is 2.45. The zero-order valence-corrected chi connectivity index (χ0v) is 18.7. The molecule has 1 N–H and O–H groups in total. The van der Waals surface area contributed by atoms with Crippen LogP contribution in [-0.2, 0) is 13.0 Å². The first-order valence-electron chi connectivity index (χ1n) is 11.4. The molecule has 1 aliphatic carbocycles. The summed E-state index contributed by atoms with van der Waals surface area (Å²) in [5.74, 6) is 3.41. The monoisotopic (exact) mass is 406 g/mol. The summed E-state index contributed by atoms with van der Waals surface area (Å²) >= 11 is 0. The number of nitrogens with one attached hydrogen (secondary N) is 1. The largest absolute Gasteiger partial charge is 0.334 e. The number of hydrogen-bond donors (Lipinski definition) is 1. The van der Waals surface area contributed by atoms with Crippen LogP contribution in [0, 0.1) is 12.3 Å². The van der Waals surface area contributed by atoms with E-state index in [0.29, 0.717) is 12.0 Å². The molecule has 2 aromatic rings. The van der Waals surface area contributed by atoms with Crippen molar-refractivity contribution >= 4 is 16.9 Å². The van der Waals surface area contributed by atoms with Crippen molar-refractivity contribution in [3.05, 3.63) is 35.0 Å². The highest BCUT2D eigenvalue weighted by atomic mass is 16.2. The number of benzene rings is 1. The fourth-order valence-electron chi connectivity index (χ4n) is 5.69. The van der Waals surface area contributed by atoms with Gasteiger partial charge in [0.1, 0.15) is 0 Å². The third-order valence-electron chi connectivity index (χ3n) is 7.08. The number of carbonyl (C=O) groups is 1. The molecule has 1 aliphatic heterocycles. The quantitative estimate of drug-likeness (QED) is 0.768. The molecule has 5 nitrogen and oxygen atoms in total. The molecule has 1 aromatic carbocycles. The number of rotatable bonds is 5. The van der Waals surface area contributed by atoms with Crippen molar-refractivity contribution in [2.75, 3.05) is 26.7 Å². The molecule has 1 fully saturated rings. The molecule has 2 amide bonds. The van der Waals surface area contributed by atoms with Crippen molar-refractivity contribution in [1.29, 1.82) is 0 Å². The van der Waals surface area contributed by atoms with Crippen molar-refractivity contribution in [3.63, 3.8) is 0 Å². The number of likely N-dealkylation sites (N-methyl/N-ethyl adjacent to an activating group) is 1. The second-order valence-corrected chi connectivity index (χ2v) is 8.74. The van der Waals surface area contributed by atoms with E-state index in [0.717, 1.165) is 51.1 Å².